The van der Waals surface area contributed by atoms with Crippen LogP contribution in [0.2, 0.25) is 23.7 Å². The van der Waals surface area contributed by atoms with Crippen molar-refractivity contribution in [2.45, 2.75) is 57.6 Å². The van der Waals surface area contributed by atoms with Crippen molar-refractivity contribution in [3.05, 3.63) is 95.2 Å². The number of carbonyl (C=O) groups is 1. The second kappa shape index (κ2) is 14.2. The van der Waals surface area contributed by atoms with E-state index in [1.165, 1.54) is 29.7 Å². The van der Waals surface area contributed by atoms with Gasteiger partial charge in [-0.1, -0.05) is 63.2 Å². The maximum Gasteiger partial charge on any atom is 0.410 e. The Labute approximate surface area is 306 Å². The van der Waals surface area contributed by atoms with Gasteiger partial charge in [-0.05, 0) is 87.6 Å². The van der Waals surface area contributed by atoms with Gasteiger partial charge < -0.3 is 15.0 Å². The standard InChI is InChI=1S/C33H30Cl5FN6O2S/c1-33(2,3)47-32(46)44-8-6-19(7-9-44)45-16-27(42-43-45)20(21-14-28(37)48-31(21)38)10-17-11-22-29(24(35)12-17)40-15-25(36)30(22)41-18-4-5-26(39)23(34)13-18/h4-5,11-16,19-20H,6-10H2,1-3H3,(H,40,41)/t20-/m0/s1. The summed E-state index contributed by atoms with van der Waals surface area (Å²) in [4.78, 5) is 18.8. The van der Waals surface area contributed by atoms with Crippen molar-refractivity contribution in [2.75, 3.05) is 18.4 Å². The molecule has 0 saturated carbocycles. The number of ether oxygens (including phenoxy) is 1. The molecule has 0 aliphatic carbocycles. The molecule has 1 amide bonds. The number of hydrogen-bond donors (Lipinski definition) is 1. The molecule has 1 atom stereocenters. The number of carbonyl (C=O) groups excluding carboxylic acids is 1. The lowest BCUT2D eigenvalue weighted by Crippen LogP contribution is -2.42. The minimum absolute atomic E-state index is 0.0241. The number of nitrogens with one attached hydrogen (secondary N) is 1. The first-order valence-corrected chi connectivity index (χ1v) is 17.8. The minimum atomic E-state index is -0.553. The third-order valence-corrected chi connectivity index (χ3v) is 10.4. The maximum absolute atomic E-state index is 13.8. The van der Waals surface area contributed by atoms with Crippen LogP contribution in [0.25, 0.3) is 10.9 Å². The zero-order chi connectivity index (χ0) is 34.3. The van der Waals surface area contributed by atoms with Crippen molar-refractivity contribution in [1.29, 1.82) is 0 Å². The highest BCUT2D eigenvalue weighted by Crippen LogP contribution is 2.42. The van der Waals surface area contributed by atoms with E-state index in [1.54, 1.807) is 11.0 Å². The molecule has 1 aliphatic heterocycles. The first-order chi connectivity index (χ1) is 22.8. The molecular formula is C33H30Cl5FN6O2S. The smallest absolute Gasteiger partial charge is 0.410 e. The van der Waals surface area contributed by atoms with Gasteiger partial charge in [-0.2, -0.15) is 0 Å². The maximum atomic E-state index is 13.8. The molecule has 1 saturated heterocycles. The van der Waals surface area contributed by atoms with Crippen molar-refractivity contribution in [3.8, 4) is 0 Å². The Hall–Kier alpha value is -2.86. The van der Waals surface area contributed by atoms with Crippen molar-refractivity contribution in [1.82, 2.24) is 24.9 Å². The van der Waals surface area contributed by atoms with E-state index in [9.17, 15) is 9.18 Å². The molecular weight excluding hydrogens is 741 g/mol. The third-order valence-electron chi connectivity index (χ3n) is 8.00. The number of anilines is 2. The number of aromatic nitrogens is 4. The lowest BCUT2D eigenvalue weighted by atomic mass is 9.90. The van der Waals surface area contributed by atoms with Crippen LogP contribution in [-0.2, 0) is 11.2 Å². The molecule has 15 heteroatoms. The van der Waals surface area contributed by atoms with Crippen molar-refractivity contribution in [2.24, 2.45) is 0 Å². The number of fused-ring (bicyclic) bond motifs is 1. The van der Waals surface area contributed by atoms with E-state index in [-0.39, 0.29) is 23.1 Å². The zero-order valence-electron chi connectivity index (χ0n) is 26.0. The average molecular weight is 771 g/mol. The lowest BCUT2D eigenvalue weighted by Gasteiger charge is -2.33. The van der Waals surface area contributed by atoms with Gasteiger partial charge in [0.25, 0.3) is 0 Å². The Morgan fingerprint density at radius 1 is 1.06 bits per heavy atom. The Morgan fingerprint density at radius 2 is 1.81 bits per heavy atom. The molecule has 0 radical (unpaired) electrons. The Bertz CT molecular complexity index is 1990. The molecule has 48 heavy (non-hydrogen) atoms. The molecule has 0 spiro atoms. The molecule has 5 aromatic rings. The van der Waals surface area contributed by atoms with Gasteiger partial charge in [0.15, 0.2) is 0 Å². The monoisotopic (exact) mass is 768 g/mol. The van der Waals surface area contributed by atoms with Crippen LogP contribution in [0.3, 0.4) is 0 Å². The Balaban J connectivity index is 1.30. The Kier molecular flexibility index (Phi) is 10.3. The molecule has 2 aromatic carbocycles. The molecule has 0 unspecified atom stereocenters. The highest BCUT2D eigenvalue weighted by atomic mass is 35.5. The number of nitrogens with zero attached hydrogens (tertiary/aromatic N) is 5. The van der Waals surface area contributed by atoms with Gasteiger partial charge >= 0.3 is 6.09 Å². The van der Waals surface area contributed by atoms with Gasteiger partial charge in [-0.3, -0.25) is 4.98 Å². The average Bonchev–Trinajstić information content (AvgIpc) is 3.64. The number of hydrogen-bond acceptors (Lipinski definition) is 7. The summed E-state index contributed by atoms with van der Waals surface area (Å²) in [5.41, 5.74) is 3.47. The summed E-state index contributed by atoms with van der Waals surface area (Å²) in [6.07, 6.45) is 5.01. The Morgan fingerprint density at radius 3 is 2.48 bits per heavy atom. The van der Waals surface area contributed by atoms with E-state index in [0.29, 0.717) is 79.0 Å². The van der Waals surface area contributed by atoms with E-state index in [0.717, 1.165) is 11.1 Å². The van der Waals surface area contributed by atoms with E-state index < -0.39 is 11.4 Å². The molecule has 1 fully saturated rings. The molecule has 1 aliphatic rings. The predicted octanol–water partition coefficient (Wildman–Crippen LogP) is 11.0. The van der Waals surface area contributed by atoms with Crippen LogP contribution in [0.1, 0.15) is 62.4 Å². The van der Waals surface area contributed by atoms with Crippen LogP contribution in [0.15, 0.2) is 48.8 Å². The molecule has 252 valence electrons. The summed E-state index contributed by atoms with van der Waals surface area (Å²) < 4.78 is 22.4. The van der Waals surface area contributed by atoms with Crippen LogP contribution < -0.4 is 5.32 Å². The second-order valence-electron chi connectivity index (χ2n) is 12.6. The van der Waals surface area contributed by atoms with Gasteiger partial charge in [0.2, 0.25) is 0 Å². The molecule has 8 nitrogen and oxygen atoms in total. The van der Waals surface area contributed by atoms with Gasteiger partial charge in [0.05, 0.1) is 46.7 Å². The van der Waals surface area contributed by atoms with E-state index in [2.05, 4.69) is 20.6 Å². The molecule has 0 bridgehead atoms. The zero-order valence-corrected chi connectivity index (χ0v) is 30.6. The summed E-state index contributed by atoms with van der Waals surface area (Å²) in [6, 6.07) is 10.0. The molecule has 3 aromatic heterocycles. The van der Waals surface area contributed by atoms with Crippen molar-refractivity contribution in [3.63, 3.8) is 0 Å². The van der Waals surface area contributed by atoms with Crippen LogP contribution >= 0.6 is 69.3 Å². The number of pyridine rings is 1. The summed E-state index contributed by atoms with van der Waals surface area (Å²) in [6.45, 7) is 6.68. The predicted molar refractivity (Wildman–Crippen MR) is 192 cm³/mol. The largest absolute Gasteiger partial charge is 0.444 e. The lowest BCUT2D eigenvalue weighted by molar-refractivity contribution is 0.0184. The molecule has 4 heterocycles. The first-order valence-electron chi connectivity index (χ1n) is 15.1. The second-order valence-corrected chi connectivity index (χ2v) is 16.1. The fraction of sp³-hybridized carbons (Fsp3) is 0.333. The van der Waals surface area contributed by atoms with E-state index >= 15 is 0 Å². The normalized spacial score (nSPS) is 14.8. The van der Waals surface area contributed by atoms with Crippen molar-refractivity contribution >= 4 is 97.7 Å². The number of benzene rings is 2. The van der Waals surface area contributed by atoms with Gasteiger partial charge in [0, 0.05) is 42.5 Å². The molecule has 1 N–H and O–H groups in total. The number of likely N-dealkylation sites (tertiary alicyclic amines) is 1. The van der Waals surface area contributed by atoms with Crippen molar-refractivity contribution < 1.29 is 13.9 Å². The van der Waals surface area contributed by atoms with Crippen LogP contribution in [0, 0.1) is 5.82 Å². The third kappa shape index (κ3) is 7.79. The number of amides is 1. The number of piperidine rings is 1. The fourth-order valence-electron chi connectivity index (χ4n) is 5.72. The number of halogens is 6. The molecule has 6 rings (SSSR count). The highest BCUT2D eigenvalue weighted by Gasteiger charge is 2.30. The topological polar surface area (TPSA) is 85.2 Å². The van der Waals surface area contributed by atoms with Gasteiger partial charge in [-0.15, -0.1) is 16.4 Å². The first kappa shape index (κ1) is 35.0. The van der Waals surface area contributed by atoms with Gasteiger partial charge in [0.1, 0.15) is 11.4 Å². The van der Waals surface area contributed by atoms with Crippen LogP contribution in [0.5, 0.6) is 0 Å². The summed E-state index contributed by atoms with van der Waals surface area (Å²) in [5.74, 6) is -0.843. The minimum Gasteiger partial charge on any atom is -0.444 e. The number of thiophene rings is 1. The van der Waals surface area contributed by atoms with E-state index in [4.69, 9.17) is 62.7 Å². The van der Waals surface area contributed by atoms with Crippen LogP contribution in [-0.4, -0.2) is 49.7 Å². The highest BCUT2D eigenvalue weighted by molar-refractivity contribution is 7.20. The number of rotatable bonds is 7. The quantitative estimate of drug-likeness (QED) is 0.177. The van der Waals surface area contributed by atoms with Crippen LogP contribution in [0.4, 0.5) is 20.6 Å². The fourth-order valence-corrected chi connectivity index (χ4v) is 7.97. The van der Waals surface area contributed by atoms with E-state index in [1.807, 2.05) is 49.8 Å². The summed E-state index contributed by atoms with van der Waals surface area (Å²) in [5, 5.41) is 13.8. The van der Waals surface area contributed by atoms with Gasteiger partial charge in [-0.25, -0.2) is 13.9 Å². The summed E-state index contributed by atoms with van der Waals surface area (Å²) >= 11 is 33.9. The SMILES string of the molecule is CC(C)(C)OC(=O)N1CCC(n2cc([C@@H](Cc3cc(Cl)c4ncc(Cl)c(Nc5ccc(F)c(Cl)c5)c4c3)c3cc(Cl)sc3Cl)nn2)CC1. The summed E-state index contributed by atoms with van der Waals surface area (Å²) in [7, 11) is 0.